The molecule has 3 rings (SSSR count). The van der Waals surface area contributed by atoms with Gasteiger partial charge in [0.05, 0.1) is 22.8 Å². The van der Waals surface area contributed by atoms with Crippen LogP contribution in [0, 0.1) is 0 Å². The van der Waals surface area contributed by atoms with E-state index in [0.717, 1.165) is 18.5 Å². The molecule has 0 aromatic heterocycles. The third kappa shape index (κ3) is 4.94. The van der Waals surface area contributed by atoms with Crippen LogP contribution in [-0.4, -0.2) is 52.4 Å². The van der Waals surface area contributed by atoms with Gasteiger partial charge < -0.3 is 16.0 Å². The summed E-state index contributed by atoms with van der Waals surface area (Å²) in [4.78, 5) is 12.6. The Morgan fingerprint density at radius 1 is 1.03 bits per heavy atom. The van der Waals surface area contributed by atoms with E-state index in [9.17, 15) is 13.2 Å². The van der Waals surface area contributed by atoms with Crippen LogP contribution in [0.3, 0.4) is 0 Å². The lowest BCUT2D eigenvalue weighted by Gasteiger charge is -2.18. The molecule has 0 unspecified atom stereocenters. The number of rotatable bonds is 10. The minimum atomic E-state index is -3.56. The first kappa shape index (κ1) is 22.1. The zero-order valence-corrected chi connectivity index (χ0v) is 18.6. The van der Waals surface area contributed by atoms with Crippen LogP contribution in [0.1, 0.15) is 25.3 Å². The van der Waals surface area contributed by atoms with Crippen molar-refractivity contribution in [2.75, 3.05) is 44.4 Å². The Bertz CT molecular complexity index is 987. The van der Waals surface area contributed by atoms with E-state index in [-0.39, 0.29) is 22.8 Å². The van der Waals surface area contributed by atoms with Crippen molar-refractivity contribution in [1.82, 2.24) is 9.62 Å². The normalized spacial score (nSPS) is 14.9. The van der Waals surface area contributed by atoms with E-state index < -0.39 is 10.0 Å². The van der Waals surface area contributed by atoms with E-state index in [1.807, 2.05) is 25.1 Å². The third-order valence-electron chi connectivity index (χ3n) is 5.44. The molecule has 1 amide bonds. The summed E-state index contributed by atoms with van der Waals surface area (Å²) in [6.45, 7) is 3.31. The van der Waals surface area contributed by atoms with E-state index in [1.165, 1.54) is 24.0 Å². The first-order chi connectivity index (χ1) is 14.3. The van der Waals surface area contributed by atoms with Crippen LogP contribution in [0.2, 0.25) is 0 Å². The highest BCUT2D eigenvalue weighted by atomic mass is 32.2. The number of carbonyl (C=O) groups excluding carboxylic acids is 1. The fourth-order valence-corrected chi connectivity index (χ4v) is 4.33. The van der Waals surface area contributed by atoms with Gasteiger partial charge >= 0.3 is 0 Å². The van der Waals surface area contributed by atoms with E-state index in [1.54, 1.807) is 18.2 Å². The van der Waals surface area contributed by atoms with Gasteiger partial charge in [-0.2, -0.15) is 0 Å². The van der Waals surface area contributed by atoms with Gasteiger partial charge in [0.15, 0.2) is 0 Å². The van der Waals surface area contributed by atoms with Crippen LogP contribution in [0.15, 0.2) is 53.4 Å². The molecule has 0 heterocycles. The first-order valence-electron chi connectivity index (χ1n) is 10.1. The number of benzene rings is 2. The maximum atomic E-state index is 12.5. The molecule has 0 saturated heterocycles. The number of nitrogens with zero attached hydrogens (tertiary/aromatic N) is 1. The van der Waals surface area contributed by atoms with Gasteiger partial charge in [-0.1, -0.05) is 30.3 Å². The van der Waals surface area contributed by atoms with Crippen molar-refractivity contribution < 1.29 is 13.2 Å². The SMILES string of the molecule is CCNc1ccc(S(=O)(=O)N(C)C)cc1NCC(=O)NCC1(c2ccccc2)CC1. The van der Waals surface area contributed by atoms with Gasteiger partial charge in [0.25, 0.3) is 0 Å². The van der Waals surface area contributed by atoms with Crippen LogP contribution < -0.4 is 16.0 Å². The van der Waals surface area contributed by atoms with Gasteiger partial charge in [-0.3, -0.25) is 4.79 Å². The quantitative estimate of drug-likeness (QED) is 0.539. The molecule has 162 valence electrons. The molecule has 8 heteroatoms. The second-order valence-corrected chi connectivity index (χ2v) is 9.95. The summed E-state index contributed by atoms with van der Waals surface area (Å²) < 4.78 is 26.1. The van der Waals surface area contributed by atoms with Gasteiger partial charge in [0, 0.05) is 32.6 Å². The summed E-state index contributed by atoms with van der Waals surface area (Å²) in [5, 5.41) is 9.30. The maximum Gasteiger partial charge on any atom is 0.242 e. The molecule has 0 radical (unpaired) electrons. The summed E-state index contributed by atoms with van der Waals surface area (Å²) in [7, 11) is -0.567. The summed E-state index contributed by atoms with van der Waals surface area (Å²) >= 11 is 0. The van der Waals surface area contributed by atoms with Crippen molar-refractivity contribution in [2.45, 2.75) is 30.1 Å². The average Bonchev–Trinajstić information content (AvgIpc) is 3.53. The highest BCUT2D eigenvalue weighted by Gasteiger charge is 2.44. The predicted octanol–water partition coefficient (Wildman–Crippen LogP) is 2.63. The summed E-state index contributed by atoms with van der Waals surface area (Å²) in [6, 6.07) is 15.1. The molecule has 2 aromatic rings. The third-order valence-corrected chi connectivity index (χ3v) is 7.25. The Kier molecular flexibility index (Phi) is 6.67. The van der Waals surface area contributed by atoms with Crippen LogP contribution >= 0.6 is 0 Å². The molecule has 0 aliphatic heterocycles. The maximum absolute atomic E-state index is 12.5. The highest BCUT2D eigenvalue weighted by molar-refractivity contribution is 7.89. The number of hydrogen-bond acceptors (Lipinski definition) is 5. The molecule has 3 N–H and O–H groups in total. The number of hydrogen-bond donors (Lipinski definition) is 3. The molecular weight excluding hydrogens is 400 g/mol. The Balaban J connectivity index is 1.65. The number of amides is 1. The van der Waals surface area contributed by atoms with Gasteiger partial charge in [-0.15, -0.1) is 0 Å². The van der Waals surface area contributed by atoms with Gasteiger partial charge in [-0.25, -0.2) is 12.7 Å². The highest BCUT2D eigenvalue weighted by Crippen LogP contribution is 2.47. The van der Waals surface area contributed by atoms with E-state index in [0.29, 0.717) is 18.8 Å². The lowest BCUT2D eigenvalue weighted by molar-refractivity contribution is -0.119. The number of sulfonamides is 1. The summed E-state index contributed by atoms with van der Waals surface area (Å²) in [5.41, 5.74) is 2.64. The summed E-state index contributed by atoms with van der Waals surface area (Å²) in [5.74, 6) is -0.125. The molecule has 0 atom stereocenters. The van der Waals surface area contributed by atoms with Crippen molar-refractivity contribution in [1.29, 1.82) is 0 Å². The minimum absolute atomic E-state index is 0.0472. The second-order valence-electron chi connectivity index (χ2n) is 7.80. The zero-order valence-electron chi connectivity index (χ0n) is 17.7. The number of nitrogens with one attached hydrogen (secondary N) is 3. The van der Waals surface area contributed by atoms with Crippen LogP contribution in [-0.2, 0) is 20.2 Å². The molecule has 1 aliphatic carbocycles. The van der Waals surface area contributed by atoms with Crippen LogP contribution in [0.25, 0.3) is 0 Å². The van der Waals surface area contributed by atoms with Crippen molar-refractivity contribution in [3.05, 3.63) is 54.1 Å². The topological polar surface area (TPSA) is 90.5 Å². The fraction of sp³-hybridized carbons (Fsp3) is 0.409. The van der Waals surface area contributed by atoms with Crippen molar-refractivity contribution in [3.63, 3.8) is 0 Å². The zero-order chi connectivity index (χ0) is 21.8. The molecule has 1 saturated carbocycles. The second kappa shape index (κ2) is 9.06. The lowest BCUT2D eigenvalue weighted by Crippen LogP contribution is -2.36. The predicted molar refractivity (Wildman–Crippen MR) is 120 cm³/mol. The van der Waals surface area contributed by atoms with Crippen LogP contribution in [0.4, 0.5) is 11.4 Å². The Hall–Kier alpha value is -2.58. The molecule has 1 aliphatic rings. The minimum Gasteiger partial charge on any atom is -0.384 e. The Labute approximate surface area is 178 Å². The molecule has 0 bridgehead atoms. The van der Waals surface area contributed by atoms with Gasteiger partial charge in [0.2, 0.25) is 15.9 Å². The van der Waals surface area contributed by atoms with Gasteiger partial charge in [-0.05, 0) is 43.5 Å². The van der Waals surface area contributed by atoms with Gasteiger partial charge in [0.1, 0.15) is 0 Å². The van der Waals surface area contributed by atoms with Crippen molar-refractivity contribution in [3.8, 4) is 0 Å². The van der Waals surface area contributed by atoms with E-state index in [2.05, 4.69) is 28.1 Å². The first-order valence-corrected chi connectivity index (χ1v) is 11.6. The molecule has 1 fully saturated rings. The van der Waals surface area contributed by atoms with Crippen molar-refractivity contribution in [2.24, 2.45) is 0 Å². The largest absolute Gasteiger partial charge is 0.384 e. The Morgan fingerprint density at radius 3 is 2.33 bits per heavy atom. The molecular formula is C22H30N4O3S. The Morgan fingerprint density at radius 2 is 1.73 bits per heavy atom. The summed E-state index contributed by atoms with van der Waals surface area (Å²) in [6.07, 6.45) is 2.14. The lowest BCUT2D eigenvalue weighted by atomic mass is 9.96. The van der Waals surface area contributed by atoms with E-state index >= 15 is 0 Å². The number of carbonyl (C=O) groups is 1. The average molecular weight is 431 g/mol. The monoisotopic (exact) mass is 430 g/mol. The number of anilines is 2. The molecule has 0 spiro atoms. The molecule has 30 heavy (non-hydrogen) atoms. The smallest absolute Gasteiger partial charge is 0.242 e. The fourth-order valence-electron chi connectivity index (χ4n) is 3.40. The molecule has 2 aromatic carbocycles. The van der Waals surface area contributed by atoms with E-state index in [4.69, 9.17) is 0 Å². The standard InChI is InChI=1S/C22H30N4O3S/c1-4-23-19-11-10-18(30(28,29)26(2)3)14-20(19)24-15-21(27)25-16-22(12-13-22)17-8-6-5-7-9-17/h5-11,14,23-24H,4,12-13,15-16H2,1-3H3,(H,25,27). The van der Waals surface area contributed by atoms with Crippen LogP contribution in [0.5, 0.6) is 0 Å². The van der Waals surface area contributed by atoms with Crippen molar-refractivity contribution >= 4 is 27.3 Å². The molecule has 7 nitrogen and oxygen atoms in total.